The van der Waals surface area contributed by atoms with Gasteiger partial charge in [0.15, 0.2) is 0 Å². The number of halogens is 3. The first-order valence-electron chi connectivity index (χ1n) is 7.13. The fourth-order valence-electron chi connectivity index (χ4n) is 3.03. The average molecular weight is 286 g/mol. The van der Waals surface area contributed by atoms with Crippen molar-refractivity contribution in [1.82, 2.24) is 5.43 Å². The molecule has 1 aliphatic rings. The van der Waals surface area contributed by atoms with Crippen molar-refractivity contribution in [1.29, 1.82) is 0 Å². The number of hydrogen-bond acceptors (Lipinski definition) is 2. The molecule has 2 rings (SSSR count). The summed E-state index contributed by atoms with van der Waals surface area (Å²) in [5.74, 6) is 6.06. The second-order valence-electron chi connectivity index (χ2n) is 5.57. The van der Waals surface area contributed by atoms with Gasteiger partial charge < -0.3 is 0 Å². The van der Waals surface area contributed by atoms with Crippen molar-refractivity contribution in [2.45, 2.75) is 50.7 Å². The Morgan fingerprint density at radius 2 is 1.90 bits per heavy atom. The van der Waals surface area contributed by atoms with E-state index in [2.05, 4.69) is 5.43 Å². The fourth-order valence-corrected chi connectivity index (χ4v) is 3.03. The first-order chi connectivity index (χ1) is 9.50. The van der Waals surface area contributed by atoms with Crippen LogP contribution in [0.4, 0.5) is 13.2 Å². The molecule has 1 aliphatic carbocycles. The minimum absolute atomic E-state index is 0.0544. The monoisotopic (exact) mass is 286 g/mol. The molecule has 20 heavy (non-hydrogen) atoms. The second kappa shape index (κ2) is 6.59. The van der Waals surface area contributed by atoms with E-state index in [1.807, 2.05) is 0 Å². The first-order valence-corrected chi connectivity index (χ1v) is 7.13. The summed E-state index contributed by atoms with van der Waals surface area (Å²) in [6.07, 6.45) is 2.09. The van der Waals surface area contributed by atoms with E-state index in [4.69, 9.17) is 5.84 Å². The predicted molar refractivity (Wildman–Crippen MR) is 72.8 cm³/mol. The molecule has 0 radical (unpaired) electrons. The second-order valence-corrected chi connectivity index (χ2v) is 5.57. The molecule has 1 unspecified atom stereocenters. The molecule has 1 aromatic rings. The number of hydrogen-bond donors (Lipinski definition) is 2. The van der Waals surface area contributed by atoms with E-state index >= 15 is 0 Å². The van der Waals surface area contributed by atoms with Crippen LogP contribution in [0.25, 0.3) is 0 Å². The summed E-state index contributed by atoms with van der Waals surface area (Å²) < 4.78 is 38.1. The van der Waals surface area contributed by atoms with E-state index in [9.17, 15) is 13.2 Å². The van der Waals surface area contributed by atoms with E-state index in [1.54, 1.807) is 6.07 Å². The SMILES string of the molecule is NNC(Cc1cccc(C(F)(F)F)c1)C1CCCCC1. The van der Waals surface area contributed by atoms with Crippen molar-refractivity contribution < 1.29 is 13.2 Å². The zero-order valence-electron chi connectivity index (χ0n) is 11.4. The number of rotatable bonds is 4. The zero-order valence-corrected chi connectivity index (χ0v) is 11.4. The van der Waals surface area contributed by atoms with Crippen LogP contribution in [-0.2, 0) is 12.6 Å². The van der Waals surface area contributed by atoms with Gasteiger partial charge in [0.05, 0.1) is 5.56 Å². The van der Waals surface area contributed by atoms with Crippen molar-refractivity contribution in [2.24, 2.45) is 11.8 Å². The van der Waals surface area contributed by atoms with Crippen molar-refractivity contribution in [3.63, 3.8) is 0 Å². The Balaban J connectivity index is 2.07. The lowest BCUT2D eigenvalue weighted by Gasteiger charge is -2.30. The Kier molecular flexibility index (Phi) is 5.05. The number of nitrogens with two attached hydrogens (primary N) is 1. The summed E-state index contributed by atoms with van der Waals surface area (Å²) in [4.78, 5) is 0. The lowest BCUT2D eigenvalue weighted by Crippen LogP contribution is -2.43. The Hall–Kier alpha value is -1.07. The molecule has 0 spiro atoms. The van der Waals surface area contributed by atoms with Gasteiger partial charge in [0.1, 0.15) is 0 Å². The molecule has 0 saturated heterocycles. The topological polar surface area (TPSA) is 38.0 Å². The third kappa shape index (κ3) is 3.96. The standard InChI is InChI=1S/C15H21F3N2/c16-15(17,18)13-8-4-5-11(9-13)10-14(20-19)12-6-2-1-3-7-12/h4-5,8-9,12,14,20H,1-3,6-7,10,19H2. The maximum atomic E-state index is 12.7. The molecule has 0 aliphatic heterocycles. The van der Waals surface area contributed by atoms with Gasteiger partial charge in [-0.05, 0) is 36.8 Å². The quantitative estimate of drug-likeness (QED) is 0.655. The number of benzene rings is 1. The van der Waals surface area contributed by atoms with Crippen LogP contribution in [0.1, 0.15) is 43.2 Å². The molecule has 0 aromatic heterocycles. The highest BCUT2D eigenvalue weighted by molar-refractivity contribution is 5.26. The largest absolute Gasteiger partial charge is 0.416 e. The number of nitrogens with one attached hydrogen (secondary N) is 1. The summed E-state index contributed by atoms with van der Waals surface area (Å²) in [5, 5.41) is 0. The van der Waals surface area contributed by atoms with Crippen LogP contribution in [-0.4, -0.2) is 6.04 Å². The smallest absolute Gasteiger partial charge is 0.271 e. The van der Waals surface area contributed by atoms with Gasteiger partial charge in [-0.2, -0.15) is 13.2 Å². The van der Waals surface area contributed by atoms with Crippen molar-refractivity contribution in [3.05, 3.63) is 35.4 Å². The summed E-state index contributed by atoms with van der Waals surface area (Å²) in [5.41, 5.74) is 2.90. The molecule has 112 valence electrons. The Labute approximate surface area is 117 Å². The van der Waals surface area contributed by atoms with Gasteiger partial charge >= 0.3 is 6.18 Å². The van der Waals surface area contributed by atoms with Crippen LogP contribution in [0.15, 0.2) is 24.3 Å². The molecule has 5 heteroatoms. The zero-order chi connectivity index (χ0) is 14.6. The first kappa shape index (κ1) is 15.3. The van der Waals surface area contributed by atoms with Crippen LogP contribution >= 0.6 is 0 Å². The van der Waals surface area contributed by atoms with E-state index in [-0.39, 0.29) is 6.04 Å². The van der Waals surface area contributed by atoms with Gasteiger partial charge in [-0.3, -0.25) is 11.3 Å². The Bertz CT molecular complexity index is 425. The molecule has 0 amide bonds. The third-order valence-corrected chi connectivity index (χ3v) is 4.14. The highest BCUT2D eigenvalue weighted by Gasteiger charge is 2.31. The van der Waals surface area contributed by atoms with Gasteiger partial charge in [0.2, 0.25) is 0 Å². The van der Waals surface area contributed by atoms with Crippen LogP contribution in [0.5, 0.6) is 0 Å². The molecule has 3 N–H and O–H groups in total. The van der Waals surface area contributed by atoms with Crippen molar-refractivity contribution in [2.75, 3.05) is 0 Å². The van der Waals surface area contributed by atoms with Crippen molar-refractivity contribution >= 4 is 0 Å². The molecule has 1 atom stereocenters. The van der Waals surface area contributed by atoms with Gasteiger partial charge in [0, 0.05) is 6.04 Å². The molecular weight excluding hydrogens is 265 g/mol. The molecule has 2 nitrogen and oxygen atoms in total. The van der Waals surface area contributed by atoms with Crippen LogP contribution in [0.2, 0.25) is 0 Å². The van der Waals surface area contributed by atoms with Gasteiger partial charge in [-0.25, -0.2) is 0 Å². The predicted octanol–water partition coefficient (Wildman–Crippen LogP) is 3.66. The lowest BCUT2D eigenvalue weighted by molar-refractivity contribution is -0.137. The van der Waals surface area contributed by atoms with Crippen molar-refractivity contribution in [3.8, 4) is 0 Å². The molecule has 1 fully saturated rings. The molecule has 1 saturated carbocycles. The lowest BCUT2D eigenvalue weighted by atomic mass is 9.82. The normalized spacial score (nSPS) is 19.0. The molecular formula is C15H21F3N2. The van der Waals surface area contributed by atoms with Gasteiger partial charge in [0.25, 0.3) is 0 Å². The maximum Gasteiger partial charge on any atom is 0.416 e. The van der Waals surface area contributed by atoms with Crippen LogP contribution in [0.3, 0.4) is 0 Å². The highest BCUT2D eigenvalue weighted by Crippen LogP contribution is 2.31. The average Bonchev–Trinajstić information content (AvgIpc) is 2.45. The summed E-state index contributed by atoms with van der Waals surface area (Å²) in [6, 6.07) is 5.59. The van der Waals surface area contributed by atoms with Crippen LogP contribution < -0.4 is 11.3 Å². The van der Waals surface area contributed by atoms with E-state index in [0.29, 0.717) is 17.9 Å². The summed E-state index contributed by atoms with van der Waals surface area (Å²) >= 11 is 0. The molecule has 0 bridgehead atoms. The highest BCUT2D eigenvalue weighted by atomic mass is 19.4. The maximum absolute atomic E-state index is 12.7. The van der Waals surface area contributed by atoms with Gasteiger partial charge in [-0.1, -0.05) is 37.5 Å². The Morgan fingerprint density at radius 1 is 1.20 bits per heavy atom. The minimum atomic E-state index is -4.29. The Morgan fingerprint density at radius 3 is 2.50 bits per heavy atom. The molecule has 0 heterocycles. The van der Waals surface area contributed by atoms with Gasteiger partial charge in [-0.15, -0.1) is 0 Å². The fraction of sp³-hybridized carbons (Fsp3) is 0.600. The van der Waals surface area contributed by atoms with Crippen LogP contribution in [0, 0.1) is 5.92 Å². The van der Waals surface area contributed by atoms with E-state index < -0.39 is 11.7 Å². The third-order valence-electron chi connectivity index (χ3n) is 4.14. The van der Waals surface area contributed by atoms with E-state index in [1.165, 1.54) is 31.4 Å². The summed E-state index contributed by atoms with van der Waals surface area (Å²) in [6.45, 7) is 0. The summed E-state index contributed by atoms with van der Waals surface area (Å²) in [7, 11) is 0. The molecule has 1 aromatic carbocycles. The van der Waals surface area contributed by atoms with E-state index in [0.717, 1.165) is 18.9 Å². The minimum Gasteiger partial charge on any atom is -0.271 e. The number of hydrazine groups is 1. The number of alkyl halides is 3.